The zero-order chi connectivity index (χ0) is 10.1. The summed E-state index contributed by atoms with van der Waals surface area (Å²) in [7, 11) is 0. The fourth-order valence-electron chi connectivity index (χ4n) is 1.85. The maximum Gasteiger partial charge on any atom is 0.126 e. The zero-order valence-electron chi connectivity index (χ0n) is 8.59. The van der Waals surface area contributed by atoms with E-state index in [2.05, 4.69) is 48.0 Å². The van der Waals surface area contributed by atoms with Crippen molar-refractivity contribution < 1.29 is 4.74 Å². The highest BCUT2D eigenvalue weighted by Crippen LogP contribution is 2.36. The lowest BCUT2D eigenvalue weighted by molar-refractivity contribution is 0.351. The molecule has 2 unspecified atom stereocenters. The highest BCUT2D eigenvalue weighted by Gasteiger charge is 2.21. The molecule has 2 atom stereocenters. The van der Waals surface area contributed by atoms with Gasteiger partial charge >= 0.3 is 0 Å². The third-order valence-electron chi connectivity index (χ3n) is 2.92. The summed E-state index contributed by atoms with van der Waals surface area (Å²) in [4.78, 5) is 0.484. The van der Waals surface area contributed by atoms with Crippen LogP contribution in [0.15, 0.2) is 18.2 Å². The molecular weight excluding hydrogens is 240 g/mol. The summed E-state index contributed by atoms with van der Waals surface area (Å²) < 4.78 is 5.68. The Labute approximate surface area is 93.6 Å². The number of hydrogen-bond donors (Lipinski definition) is 0. The molecule has 1 nitrogen and oxygen atoms in total. The lowest BCUT2D eigenvalue weighted by Gasteiger charge is -2.17. The summed E-state index contributed by atoms with van der Waals surface area (Å²) in [6.45, 7) is 5.26. The first kappa shape index (κ1) is 10.0. The van der Waals surface area contributed by atoms with E-state index in [9.17, 15) is 0 Å². The number of fused-ring (bicyclic) bond motifs is 1. The van der Waals surface area contributed by atoms with E-state index in [1.54, 1.807) is 0 Å². The largest absolute Gasteiger partial charge is 0.493 e. The van der Waals surface area contributed by atoms with E-state index in [1.807, 2.05) is 0 Å². The van der Waals surface area contributed by atoms with Gasteiger partial charge in [0.2, 0.25) is 0 Å². The van der Waals surface area contributed by atoms with Crippen LogP contribution < -0.4 is 4.74 Å². The quantitative estimate of drug-likeness (QED) is 0.735. The Kier molecular flexibility index (Phi) is 2.82. The molecule has 0 saturated heterocycles. The van der Waals surface area contributed by atoms with Crippen LogP contribution in [0.3, 0.4) is 0 Å². The second-order valence-corrected chi connectivity index (χ2v) is 5.34. The Bertz CT molecular complexity index is 333. The number of alkyl halides is 1. The van der Waals surface area contributed by atoms with Crippen LogP contribution in [0.2, 0.25) is 0 Å². The lowest BCUT2D eigenvalue weighted by atomic mass is 9.95. The molecule has 1 heterocycles. The van der Waals surface area contributed by atoms with Crippen LogP contribution in [0.1, 0.15) is 30.9 Å². The molecule has 2 heteroatoms. The van der Waals surface area contributed by atoms with Gasteiger partial charge in [0.25, 0.3) is 0 Å². The van der Waals surface area contributed by atoms with Crippen molar-refractivity contribution in [3.05, 3.63) is 29.3 Å². The van der Waals surface area contributed by atoms with Gasteiger partial charge in [0, 0.05) is 11.2 Å². The van der Waals surface area contributed by atoms with Crippen LogP contribution in [0.5, 0.6) is 5.75 Å². The molecule has 0 aromatic heterocycles. The first-order valence-electron chi connectivity index (χ1n) is 5.09. The van der Waals surface area contributed by atoms with Gasteiger partial charge in [0.1, 0.15) is 5.75 Å². The van der Waals surface area contributed by atoms with Gasteiger partial charge in [-0.15, -0.1) is 0 Å². The van der Waals surface area contributed by atoms with Crippen molar-refractivity contribution in [2.24, 2.45) is 0 Å². The number of ether oxygens (including phenoxy) is 1. The monoisotopic (exact) mass is 254 g/mol. The second-order valence-electron chi connectivity index (χ2n) is 3.90. The van der Waals surface area contributed by atoms with Crippen LogP contribution in [0, 0.1) is 0 Å². The maximum absolute atomic E-state index is 5.68. The van der Waals surface area contributed by atoms with E-state index in [0.717, 1.165) is 18.8 Å². The summed E-state index contributed by atoms with van der Waals surface area (Å²) >= 11 is 3.63. The minimum atomic E-state index is 0.484. The van der Waals surface area contributed by atoms with Crippen molar-refractivity contribution in [2.75, 3.05) is 6.61 Å². The van der Waals surface area contributed by atoms with Crippen molar-refractivity contribution in [1.29, 1.82) is 0 Å². The molecule has 2 rings (SSSR count). The smallest absolute Gasteiger partial charge is 0.126 e. The average molecular weight is 255 g/mol. The van der Waals surface area contributed by atoms with Gasteiger partial charge in [0.05, 0.1) is 6.61 Å². The fourth-order valence-corrected chi connectivity index (χ4v) is 2.13. The Morgan fingerprint density at radius 2 is 2.14 bits per heavy atom. The summed E-state index contributed by atoms with van der Waals surface area (Å²) in [5.41, 5.74) is 2.70. The van der Waals surface area contributed by atoms with Crippen LogP contribution in [-0.4, -0.2) is 11.4 Å². The van der Waals surface area contributed by atoms with E-state index < -0.39 is 0 Å². The molecule has 0 fully saturated rings. The molecule has 14 heavy (non-hydrogen) atoms. The molecule has 0 saturated carbocycles. The molecule has 0 bridgehead atoms. The second kappa shape index (κ2) is 3.93. The predicted molar refractivity (Wildman–Crippen MR) is 62.4 cm³/mol. The van der Waals surface area contributed by atoms with E-state index in [0.29, 0.717) is 10.7 Å². The summed E-state index contributed by atoms with van der Waals surface area (Å²) in [6, 6.07) is 6.47. The Hall–Kier alpha value is -0.500. The van der Waals surface area contributed by atoms with Gasteiger partial charge in [-0.3, -0.25) is 0 Å². The van der Waals surface area contributed by atoms with Gasteiger partial charge in [-0.25, -0.2) is 0 Å². The van der Waals surface area contributed by atoms with Crippen molar-refractivity contribution in [2.45, 2.75) is 31.0 Å². The SMILES string of the molecule is CC(Br)C(C)c1cccc2c1OCC2. The standard InChI is InChI=1S/C12H15BrO/c1-8(9(2)13)11-5-3-4-10-6-7-14-12(10)11/h3-5,8-9H,6-7H2,1-2H3. The van der Waals surface area contributed by atoms with Gasteiger partial charge in [-0.05, 0) is 17.0 Å². The highest BCUT2D eigenvalue weighted by molar-refractivity contribution is 9.09. The molecule has 1 aromatic rings. The Morgan fingerprint density at radius 3 is 2.86 bits per heavy atom. The summed E-state index contributed by atoms with van der Waals surface area (Å²) in [5.74, 6) is 1.63. The Balaban J connectivity index is 2.39. The van der Waals surface area contributed by atoms with Crippen molar-refractivity contribution in [1.82, 2.24) is 0 Å². The predicted octanol–water partition coefficient (Wildman–Crippen LogP) is 3.51. The van der Waals surface area contributed by atoms with E-state index >= 15 is 0 Å². The molecule has 76 valence electrons. The van der Waals surface area contributed by atoms with Crippen LogP contribution >= 0.6 is 15.9 Å². The Morgan fingerprint density at radius 1 is 1.36 bits per heavy atom. The molecule has 1 aliphatic rings. The fraction of sp³-hybridized carbons (Fsp3) is 0.500. The van der Waals surface area contributed by atoms with Gasteiger partial charge < -0.3 is 4.74 Å². The zero-order valence-corrected chi connectivity index (χ0v) is 10.2. The minimum absolute atomic E-state index is 0.484. The van der Waals surface area contributed by atoms with Crippen LogP contribution in [0.4, 0.5) is 0 Å². The average Bonchev–Trinajstić information content (AvgIpc) is 2.63. The van der Waals surface area contributed by atoms with Gasteiger partial charge in [-0.2, -0.15) is 0 Å². The summed E-state index contributed by atoms with van der Waals surface area (Å²) in [5, 5.41) is 0. The molecule has 0 radical (unpaired) electrons. The first-order valence-corrected chi connectivity index (χ1v) is 6.00. The number of para-hydroxylation sites is 1. The van der Waals surface area contributed by atoms with Crippen LogP contribution in [-0.2, 0) is 6.42 Å². The van der Waals surface area contributed by atoms with Crippen LogP contribution in [0.25, 0.3) is 0 Å². The molecule has 0 N–H and O–H groups in total. The molecular formula is C12H15BrO. The topological polar surface area (TPSA) is 9.23 Å². The third kappa shape index (κ3) is 1.68. The van der Waals surface area contributed by atoms with Gasteiger partial charge in [0.15, 0.2) is 0 Å². The number of hydrogen-bond acceptors (Lipinski definition) is 1. The van der Waals surface area contributed by atoms with Gasteiger partial charge in [-0.1, -0.05) is 48.0 Å². The van der Waals surface area contributed by atoms with E-state index in [-0.39, 0.29) is 0 Å². The maximum atomic E-state index is 5.68. The first-order chi connectivity index (χ1) is 6.70. The van der Waals surface area contributed by atoms with Crippen molar-refractivity contribution in [3.8, 4) is 5.75 Å². The van der Waals surface area contributed by atoms with Crippen molar-refractivity contribution in [3.63, 3.8) is 0 Å². The normalized spacial score (nSPS) is 18.5. The molecule has 1 aromatic carbocycles. The summed E-state index contributed by atoms with van der Waals surface area (Å²) in [6.07, 6.45) is 1.06. The number of rotatable bonds is 2. The van der Waals surface area contributed by atoms with E-state index in [1.165, 1.54) is 11.1 Å². The van der Waals surface area contributed by atoms with E-state index in [4.69, 9.17) is 4.74 Å². The highest BCUT2D eigenvalue weighted by atomic mass is 79.9. The molecule has 1 aliphatic heterocycles. The lowest BCUT2D eigenvalue weighted by Crippen LogP contribution is -2.05. The minimum Gasteiger partial charge on any atom is -0.493 e. The molecule has 0 amide bonds. The number of halogens is 1. The van der Waals surface area contributed by atoms with Crippen molar-refractivity contribution >= 4 is 15.9 Å². The number of benzene rings is 1. The molecule has 0 spiro atoms. The molecule has 0 aliphatic carbocycles. The third-order valence-corrected chi connectivity index (χ3v) is 3.72.